The number of hydrogen-bond acceptors (Lipinski definition) is 14. The van der Waals surface area contributed by atoms with Crippen LogP contribution in [0.15, 0.2) is 69.3 Å². The van der Waals surface area contributed by atoms with Crippen LogP contribution in [0.25, 0.3) is 0 Å². The van der Waals surface area contributed by atoms with E-state index in [1.54, 1.807) is 66.6 Å². The molecule has 0 saturated heterocycles. The van der Waals surface area contributed by atoms with Gasteiger partial charge in [-0.25, -0.2) is 29.9 Å². The van der Waals surface area contributed by atoms with E-state index in [-0.39, 0.29) is 0 Å². The van der Waals surface area contributed by atoms with Crippen LogP contribution < -0.4 is 0 Å². The fourth-order valence-corrected chi connectivity index (χ4v) is 5.02. The molecular weight excluding hydrogens is 749 g/mol. The number of thiazole rings is 2. The third-order valence-corrected chi connectivity index (χ3v) is 7.84. The Kier molecular flexibility index (Phi) is 22.7. The van der Waals surface area contributed by atoms with E-state index in [1.165, 1.54) is 0 Å². The molecule has 0 spiro atoms. The lowest BCUT2D eigenvalue weighted by molar-refractivity contribution is 0.520. The minimum absolute atomic E-state index is 0.734. The molecule has 0 aliphatic heterocycles. The number of aromatic nitrogens is 14. The molecule has 0 amide bonds. The second-order valence-corrected chi connectivity index (χ2v) is 14.3. The molecule has 8 aromatic heterocycles. The van der Waals surface area contributed by atoms with Crippen molar-refractivity contribution >= 4 is 22.7 Å². The minimum Gasteiger partial charge on any atom is -0.449 e. The molecule has 304 valence electrons. The predicted molar refractivity (Wildman–Crippen MR) is 222 cm³/mol. The van der Waals surface area contributed by atoms with Crippen molar-refractivity contribution in [3.8, 4) is 0 Å². The van der Waals surface area contributed by atoms with Crippen molar-refractivity contribution < 1.29 is 8.83 Å². The summed E-state index contributed by atoms with van der Waals surface area (Å²) in [5.41, 5.74) is 6.28. The quantitative estimate of drug-likeness (QED) is 0.146. The van der Waals surface area contributed by atoms with Crippen molar-refractivity contribution in [3.63, 3.8) is 0 Å². The molecule has 8 aromatic rings. The molecule has 0 aliphatic carbocycles. The van der Waals surface area contributed by atoms with Crippen LogP contribution >= 0.6 is 22.7 Å². The maximum atomic E-state index is 4.85. The van der Waals surface area contributed by atoms with Crippen LogP contribution in [0.2, 0.25) is 0 Å². The summed E-state index contributed by atoms with van der Waals surface area (Å²) < 4.78 is 16.6. The zero-order valence-corrected chi connectivity index (χ0v) is 37.3. The molecule has 0 aliphatic rings. The Balaban J connectivity index is 0.000000320. The average Bonchev–Trinajstić information content (AvgIpc) is 4.00. The van der Waals surface area contributed by atoms with Gasteiger partial charge in [-0.05, 0) is 81.4 Å². The van der Waals surface area contributed by atoms with Crippen molar-refractivity contribution in [2.75, 3.05) is 0 Å². The van der Waals surface area contributed by atoms with Gasteiger partial charge in [0.05, 0.1) is 32.8 Å². The highest BCUT2D eigenvalue weighted by molar-refractivity contribution is 7.09. The lowest BCUT2D eigenvalue weighted by atomic mass is 10.5. The van der Waals surface area contributed by atoms with Gasteiger partial charge < -0.3 is 8.83 Å². The van der Waals surface area contributed by atoms with E-state index in [9.17, 15) is 0 Å². The first-order valence-corrected chi connectivity index (χ1v) is 19.2. The van der Waals surface area contributed by atoms with Gasteiger partial charge >= 0.3 is 0 Å². The highest BCUT2D eigenvalue weighted by atomic mass is 32.1. The van der Waals surface area contributed by atoms with E-state index in [1.807, 2.05) is 136 Å². The molecule has 0 fully saturated rings. The Morgan fingerprint density at radius 2 is 0.786 bits per heavy atom. The molecular formula is C38H58N14O2S2. The van der Waals surface area contributed by atoms with Gasteiger partial charge in [0, 0.05) is 76.6 Å². The van der Waals surface area contributed by atoms with Crippen LogP contribution in [0.3, 0.4) is 0 Å². The first-order valence-electron chi connectivity index (χ1n) is 17.4. The molecule has 56 heavy (non-hydrogen) atoms. The molecule has 0 atom stereocenters. The van der Waals surface area contributed by atoms with Crippen LogP contribution in [0.4, 0.5) is 0 Å². The van der Waals surface area contributed by atoms with Gasteiger partial charge in [0.15, 0.2) is 11.8 Å². The number of oxazole rings is 2. The minimum atomic E-state index is 0.734. The highest BCUT2D eigenvalue weighted by Gasteiger charge is 1.90. The first kappa shape index (κ1) is 48.4. The van der Waals surface area contributed by atoms with Gasteiger partial charge in [-0.15, -0.1) is 22.7 Å². The van der Waals surface area contributed by atoms with Crippen LogP contribution in [0.1, 0.15) is 67.6 Å². The van der Waals surface area contributed by atoms with Crippen molar-refractivity contribution in [3.05, 3.63) is 128 Å². The number of aryl methyl sites for hydroxylation is 16. The van der Waals surface area contributed by atoms with Crippen LogP contribution in [-0.4, -0.2) is 69.0 Å². The van der Waals surface area contributed by atoms with Gasteiger partial charge in [0.2, 0.25) is 0 Å². The maximum absolute atomic E-state index is 4.85. The molecule has 0 bridgehead atoms. The van der Waals surface area contributed by atoms with Crippen LogP contribution in [0.5, 0.6) is 0 Å². The molecule has 0 aromatic carbocycles. The summed E-state index contributed by atoms with van der Waals surface area (Å²) in [6.07, 6.45) is 10.5. The Hall–Kier alpha value is -5.62. The standard InChI is InChI=1S/2C5H8N2.2C5H7NO.2C5H7NS.2C4H7N3/c2*1-5-3-4-7(2)6-5;4*1-4-3-7-5(2)6-4;2*1-4-5-3-7(2)6-4/h2*3-4H,1-2H3;6*3H,1-2H3. The van der Waals surface area contributed by atoms with Crippen LogP contribution in [0, 0.1) is 83.1 Å². The molecule has 0 saturated carbocycles. The monoisotopic (exact) mass is 806 g/mol. The van der Waals surface area contributed by atoms with E-state index in [2.05, 4.69) is 61.1 Å². The third kappa shape index (κ3) is 24.6. The normalized spacial score (nSPS) is 9.43. The first-order chi connectivity index (χ1) is 26.3. The Morgan fingerprint density at radius 3 is 0.857 bits per heavy atom. The lowest BCUT2D eigenvalue weighted by Crippen LogP contribution is -1.86. The summed E-state index contributed by atoms with van der Waals surface area (Å²) in [7, 11) is 7.51. The van der Waals surface area contributed by atoms with Crippen molar-refractivity contribution in [1.82, 2.24) is 69.0 Å². The second-order valence-electron chi connectivity index (χ2n) is 12.2. The molecule has 0 radical (unpaired) electrons. The Morgan fingerprint density at radius 1 is 0.429 bits per heavy atom. The zero-order chi connectivity index (χ0) is 42.2. The fraction of sp³-hybridized carbons (Fsp3) is 0.421. The van der Waals surface area contributed by atoms with E-state index in [4.69, 9.17) is 8.83 Å². The van der Waals surface area contributed by atoms with Gasteiger partial charge in [-0.2, -0.15) is 20.4 Å². The lowest BCUT2D eigenvalue weighted by Gasteiger charge is -1.79. The molecule has 8 heterocycles. The third-order valence-electron chi connectivity index (χ3n) is 6.06. The van der Waals surface area contributed by atoms with Crippen LogP contribution in [-0.2, 0) is 28.2 Å². The van der Waals surface area contributed by atoms with Crippen molar-refractivity contribution in [2.45, 2.75) is 83.1 Å². The topological polar surface area (TPSA) is 175 Å². The van der Waals surface area contributed by atoms with Gasteiger partial charge in [0.25, 0.3) is 0 Å². The summed E-state index contributed by atoms with van der Waals surface area (Å²) in [5.74, 6) is 3.11. The van der Waals surface area contributed by atoms with Crippen molar-refractivity contribution in [1.29, 1.82) is 0 Å². The van der Waals surface area contributed by atoms with E-state index >= 15 is 0 Å². The summed E-state index contributed by atoms with van der Waals surface area (Å²) in [4.78, 5) is 23.9. The number of hydrogen-bond donors (Lipinski definition) is 0. The van der Waals surface area contributed by atoms with E-state index < -0.39 is 0 Å². The SMILES string of the molecule is Cc1ccn(C)n1.Cc1ccn(C)n1.Cc1coc(C)n1.Cc1coc(C)n1.Cc1csc(C)n1.Cc1csc(C)n1.Cc1ncn(C)n1.Cc1ncn(C)n1. The largest absolute Gasteiger partial charge is 0.449 e. The smallest absolute Gasteiger partial charge is 0.191 e. The summed E-state index contributed by atoms with van der Waals surface area (Å²) in [6.45, 7) is 23.1. The van der Waals surface area contributed by atoms with Gasteiger partial charge in [-0.3, -0.25) is 18.7 Å². The maximum Gasteiger partial charge on any atom is 0.191 e. The highest BCUT2D eigenvalue weighted by Crippen LogP contribution is 2.05. The fourth-order valence-electron chi connectivity index (χ4n) is 3.84. The van der Waals surface area contributed by atoms with Crippen molar-refractivity contribution in [2.24, 2.45) is 28.2 Å². The zero-order valence-electron chi connectivity index (χ0n) is 35.7. The molecule has 18 heteroatoms. The van der Waals surface area contributed by atoms with E-state index in [0.29, 0.717) is 0 Å². The Labute approximate surface area is 338 Å². The number of rotatable bonds is 0. The summed E-state index contributed by atoms with van der Waals surface area (Å²) in [6, 6.07) is 3.94. The summed E-state index contributed by atoms with van der Waals surface area (Å²) in [5, 5.41) is 22.3. The van der Waals surface area contributed by atoms with Gasteiger partial charge in [-0.1, -0.05) is 0 Å². The second kappa shape index (κ2) is 26.2. The predicted octanol–water partition coefficient (Wildman–Crippen LogP) is 7.81. The number of nitrogens with zero attached hydrogens (tertiary/aromatic N) is 14. The molecule has 0 unspecified atom stereocenters. The summed E-state index contributed by atoms with van der Waals surface area (Å²) >= 11 is 3.39. The molecule has 0 N–H and O–H groups in total. The molecule has 16 nitrogen and oxygen atoms in total. The molecule has 8 rings (SSSR count). The van der Waals surface area contributed by atoms with E-state index in [0.717, 1.165) is 67.6 Å². The van der Waals surface area contributed by atoms with Gasteiger partial charge in [0.1, 0.15) is 36.8 Å². The average molecular weight is 807 g/mol. The Bertz CT molecular complexity index is 1590.